The van der Waals surface area contributed by atoms with E-state index in [1.165, 1.54) is 0 Å². The van der Waals surface area contributed by atoms with E-state index in [1.807, 2.05) is 44.2 Å². The maximum Gasteiger partial charge on any atom is 0.245 e. The molecule has 1 heterocycles. The van der Waals surface area contributed by atoms with Gasteiger partial charge in [-0.3, -0.25) is 9.78 Å². The van der Waals surface area contributed by atoms with Crippen molar-refractivity contribution < 1.29 is 4.79 Å². The van der Waals surface area contributed by atoms with E-state index in [2.05, 4.69) is 10.3 Å². The normalized spacial score (nSPS) is 11.9. The molecule has 0 spiro atoms. The Bertz CT molecular complexity index is 578. The fourth-order valence-corrected chi connectivity index (χ4v) is 1.73. The lowest BCUT2D eigenvalue weighted by Crippen LogP contribution is -2.28. The lowest BCUT2D eigenvalue weighted by molar-refractivity contribution is -0.117. The molecular formula is C15H17N3O. The molecule has 4 nitrogen and oxygen atoms in total. The van der Waals surface area contributed by atoms with E-state index >= 15 is 0 Å². The minimum absolute atomic E-state index is 0.236. The molecule has 2 aromatic rings. The van der Waals surface area contributed by atoms with Gasteiger partial charge < -0.3 is 11.1 Å². The molecule has 1 aromatic heterocycles. The molecule has 0 aliphatic rings. The maximum atomic E-state index is 12.1. The Morgan fingerprint density at radius 3 is 2.53 bits per heavy atom. The van der Waals surface area contributed by atoms with E-state index in [-0.39, 0.29) is 5.91 Å². The van der Waals surface area contributed by atoms with Crippen LogP contribution in [0.15, 0.2) is 42.7 Å². The molecule has 0 aliphatic heterocycles. The summed E-state index contributed by atoms with van der Waals surface area (Å²) in [4.78, 5) is 16.1. The van der Waals surface area contributed by atoms with Crippen molar-refractivity contribution in [1.82, 2.24) is 4.98 Å². The molecule has 0 bridgehead atoms. The molecule has 0 saturated carbocycles. The number of amides is 1. The minimum Gasteiger partial charge on any atom is -0.323 e. The van der Waals surface area contributed by atoms with Gasteiger partial charge in [0.1, 0.15) is 6.04 Å². The van der Waals surface area contributed by atoms with E-state index in [1.54, 1.807) is 12.4 Å². The quantitative estimate of drug-likeness (QED) is 0.884. The van der Waals surface area contributed by atoms with Crippen LogP contribution in [-0.2, 0) is 4.79 Å². The van der Waals surface area contributed by atoms with Crippen LogP contribution in [0, 0.1) is 13.8 Å². The van der Waals surface area contributed by atoms with Gasteiger partial charge in [0.25, 0.3) is 0 Å². The Morgan fingerprint density at radius 2 is 1.89 bits per heavy atom. The van der Waals surface area contributed by atoms with Gasteiger partial charge in [-0.15, -0.1) is 0 Å². The predicted octanol–water partition coefficient (Wildman–Crippen LogP) is 2.34. The third kappa shape index (κ3) is 3.17. The van der Waals surface area contributed by atoms with Crippen LogP contribution in [0.25, 0.3) is 0 Å². The molecule has 4 heteroatoms. The lowest BCUT2D eigenvalue weighted by Gasteiger charge is -2.13. The zero-order valence-electron chi connectivity index (χ0n) is 11.1. The van der Waals surface area contributed by atoms with Gasteiger partial charge in [0, 0.05) is 6.20 Å². The van der Waals surface area contributed by atoms with Gasteiger partial charge in [-0.1, -0.05) is 29.8 Å². The van der Waals surface area contributed by atoms with Gasteiger partial charge in [-0.25, -0.2) is 0 Å². The monoisotopic (exact) mass is 255 g/mol. The van der Waals surface area contributed by atoms with E-state index in [0.717, 1.165) is 16.7 Å². The number of carbonyl (C=O) groups is 1. The highest BCUT2D eigenvalue weighted by Gasteiger charge is 2.16. The highest BCUT2D eigenvalue weighted by atomic mass is 16.2. The molecule has 19 heavy (non-hydrogen) atoms. The standard InChI is InChI=1S/C15H17N3O/c1-10-3-5-12(6-4-10)14(16)15(19)18-13-9-17-8-7-11(13)2/h3-9,14H,16H2,1-2H3,(H,18,19). The molecule has 1 unspecified atom stereocenters. The van der Waals surface area contributed by atoms with Crippen molar-refractivity contribution in [2.75, 3.05) is 5.32 Å². The number of anilines is 1. The first-order valence-corrected chi connectivity index (χ1v) is 6.11. The Morgan fingerprint density at radius 1 is 1.21 bits per heavy atom. The third-order valence-corrected chi connectivity index (χ3v) is 3.02. The summed E-state index contributed by atoms with van der Waals surface area (Å²) in [5.41, 5.74) is 9.54. The number of aromatic nitrogens is 1. The highest BCUT2D eigenvalue weighted by molar-refractivity contribution is 5.95. The van der Waals surface area contributed by atoms with Gasteiger partial charge in [-0.2, -0.15) is 0 Å². The van der Waals surface area contributed by atoms with Gasteiger partial charge >= 0.3 is 0 Å². The first kappa shape index (κ1) is 13.2. The second kappa shape index (κ2) is 5.63. The smallest absolute Gasteiger partial charge is 0.245 e. The van der Waals surface area contributed by atoms with Gasteiger partial charge in [0.15, 0.2) is 0 Å². The van der Waals surface area contributed by atoms with Crippen molar-refractivity contribution in [2.45, 2.75) is 19.9 Å². The van der Waals surface area contributed by atoms with E-state index in [4.69, 9.17) is 5.73 Å². The van der Waals surface area contributed by atoms with Crippen molar-refractivity contribution in [1.29, 1.82) is 0 Å². The number of nitrogens with one attached hydrogen (secondary N) is 1. The number of carbonyl (C=O) groups excluding carboxylic acids is 1. The summed E-state index contributed by atoms with van der Waals surface area (Å²) in [5, 5.41) is 2.80. The highest BCUT2D eigenvalue weighted by Crippen LogP contribution is 2.16. The van der Waals surface area contributed by atoms with Crippen molar-refractivity contribution in [3.63, 3.8) is 0 Å². The van der Waals surface area contributed by atoms with E-state index in [9.17, 15) is 4.79 Å². The lowest BCUT2D eigenvalue weighted by atomic mass is 10.1. The molecule has 3 N–H and O–H groups in total. The van der Waals surface area contributed by atoms with Crippen molar-refractivity contribution in [3.05, 3.63) is 59.4 Å². The summed E-state index contributed by atoms with van der Waals surface area (Å²) < 4.78 is 0. The summed E-state index contributed by atoms with van der Waals surface area (Å²) in [5.74, 6) is -0.236. The zero-order chi connectivity index (χ0) is 13.8. The zero-order valence-corrected chi connectivity index (χ0v) is 11.1. The van der Waals surface area contributed by atoms with Crippen LogP contribution in [-0.4, -0.2) is 10.9 Å². The number of hydrogen-bond donors (Lipinski definition) is 2. The Hall–Kier alpha value is -2.20. The Labute approximate surface area is 112 Å². The second-order valence-corrected chi connectivity index (χ2v) is 4.57. The average Bonchev–Trinajstić information content (AvgIpc) is 2.41. The van der Waals surface area contributed by atoms with Crippen LogP contribution in [0.4, 0.5) is 5.69 Å². The van der Waals surface area contributed by atoms with Crippen molar-refractivity contribution >= 4 is 11.6 Å². The molecule has 0 fully saturated rings. The number of nitrogens with zero attached hydrogens (tertiary/aromatic N) is 1. The molecule has 1 aromatic carbocycles. The van der Waals surface area contributed by atoms with Gasteiger partial charge in [-0.05, 0) is 31.0 Å². The number of pyridine rings is 1. The summed E-state index contributed by atoms with van der Waals surface area (Å²) in [6.07, 6.45) is 3.31. The Balaban J connectivity index is 2.12. The number of benzene rings is 1. The van der Waals surface area contributed by atoms with Crippen LogP contribution < -0.4 is 11.1 Å². The Kier molecular flexibility index (Phi) is 3.92. The summed E-state index contributed by atoms with van der Waals surface area (Å²) in [7, 11) is 0. The van der Waals surface area contributed by atoms with Crippen LogP contribution in [0.1, 0.15) is 22.7 Å². The van der Waals surface area contributed by atoms with E-state index < -0.39 is 6.04 Å². The van der Waals surface area contributed by atoms with Crippen LogP contribution in [0.2, 0.25) is 0 Å². The molecule has 1 amide bonds. The average molecular weight is 255 g/mol. The first-order chi connectivity index (χ1) is 9.08. The van der Waals surface area contributed by atoms with Gasteiger partial charge in [0.05, 0.1) is 11.9 Å². The summed E-state index contributed by atoms with van der Waals surface area (Å²) in [6.45, 7) is 3.91. The third-order valence-electron chi connectivity index (χ3n) is 3.02. The molecule has 2 rings (SSSR count). The largest absolute Gasteiger partial charge is 0.323 e. The van der Waals surface area contributed by atoms with Gasteiger partial charge in [0.2, 0.25) is 5.91 Å². The molecular weight excluding hydrogens is 238 g/mol. The number of nitrogens with two attached hydrogens (primary N) is 1. The van der Waals surface area contributed by atoms with Crippen molar-refractivity contribution in [3.8, 4) is 0 Å². The fourth-order valence-electron chi connectivity index (χ4n) is 1.73. The number of hydrogen-bond acceptors (Lipinski definition) is 3. The predicted molar refractivity (Wildman–Crippen MR) is 75.7 cm³/mol. The van der Waals surface area contributed by atoms with E-state index in [0.29, 0.717) is 5.69 Å². The maximum absolute atomic E-state index is 12.1. The SMILES string of the molecule is Cc1ccc(C(N)C(=O)Nc2cnccc2C)cc1. The second-order valence-electron chi connectivity index (χ2n) is 4.57. The summed E-state index contributed by atoms with van der Waals surface area (Å²) >= 11 is 0. The molecule has 0 saturated heterocycles. The van der Waals surface area contributed by atoms with Crippen LogP contribution in [0.5, 0.6) is 0 Å². The topological polar surface area (TPSA) is 68.0 Å². The number of aryl methyl sites for hydroxylation is 2. The minimum atomic E-state index is -0.680. The fraction of sp³-hybridized carbons (Fsp3) is 0.200. The molecule has 1 atom stereocenters. The van der Waals surface area contributed by atoms with Crippen LogP contribution >= 0.6 is 0 Å². The molecule has 98 valence electrons. The molecule has 0 radical (unpaired) electrons. The number of rotatable bonds is 3. The molecule has 0 aliphatic carbocycles. The summed E-state index contributed by atoms with van der Waals surface area (Å²) in [6, 6.07) is 8.79. The van der Waals surface area contributed by atoms with Crippen molar-refractivity contribution in [2.24, 2.45) is 5.73 Å². The van der Waals surface area contributed by atoms with Crippen LogP contribution in [0.3, 0.4) is 0 Å². The first-order valence-electron chi connectivity index (χ1n) is 6.11.